The van der Waals surface area contributed by atoms with Crippen molar-refractivity contribution in [3.8, 4) is 0 Å². The molecule has 27 heavy (non-hydrogen) atoms. The van der Waals surface area contributed by atoms with Gasteiger partial charge in [0, 0.05) is 0 Å². The van der Waals surface area contributed by atoms with Gasteiger partial charge in [0.2, 0.25) is 0 Å². The third kappa shape index (κ3) is 6.36. The van der Waals surface area contributed by atoms with E-state index in [2.05, 4.69) is 38.1 Å². The highest BCUT2D eigenvalue weighted by atomic mass is 16.5. The van der Waals surface area contributed by atoms with Gasteiger partial charge in [0.15, 0.2) is 0 Å². The Balaban J connectivity index is 1.34. The molecule has 1 aromatic rings. The van der Waals surface area contributed by atoms with Gasteiger partial charge in [0.1, 0.15) is 6.10 Å². The highest BCUT2D eigenvalue weighted by Crippen LogP contribution is 2.36. The summed E-state index contributed by atoms with van der Waals surface area (Å²) in [6.07, 6.45) is 14.8. The molecule has 0 N–H and O–H groups in total. The van der Waals surface area contributed by atoms with Crippen LogP contribution in [0.5, 0.6) is 0 Å². The number of rotatable bonds is 8. The summed E-state index contributed by atoms with van der Waals surface area (Å²) in [5.41, 5.74) is 2.64. The standard InChI is InChI=1S/C25H38O2/c1-3-4-20-9-11-22(12-10-20)13-15-23-16-18-24(27-25(23)26)17-14-21-7-5-19(2)6-8-21/h5-8,20,22-24H,3-4,9-18H2,1-2H3. The number of carbonyl (C=O) groups is 1. The molecule has 0 amide bonds. The van der Waals surface area contributed by atoms with Crippen LogP contribution in [0.4, 0.5) is 0 Å². The number of hydrogen-bond donors (Lipinski definition) is 0. The Labute approximate surface area is 166 Å². The zero-order valence-electron chi connectivity index (χ0n) is 17.4. The fourth-order valence-corrected chi connectivity index (χ4v) is 5.03. The normalized spacial score (nSPS) is 28.7. The van der Waals surface area contributed by atoms with Crippen LogP contribution in [0.25, 0.3) is 0 Å². The first-order chi connectivity index (χ1) is 13.1. The summed E-state index contributed by atoms with van der Waals surface area (Å²) in [4.78, 5) is 12.4. The molecule has 1 saturated heterocycles. The summed E-state index contributed by atoms with van der Waals surface area (Å²) in [7, 11) is 0. The molecule has 2 heteroatoms. The Kier molecular flexibility index (Phi) is 7.79. The smallest absolute Gasteiger partial charge is 0.309 e. The Bertz CT molecular complexity index is 568. The molecule has 0 aromatic heterocycles. The van der Waals surface area contributed by atoms with E-state index in [-0.39, 0.29) is 18.0 Å². The van der Waals surface area contributed by atoms with Crippen LogP contribution in [-0.2, 0) is 16.0 Å². The van der Waals surface area contributed by atoms with E-state index in [9.17, 15) is 4.79 Å². The van der Waals surface area contributed by atoms with Crippen molar-refractivity contribution in [2.24, 2.45) is 17.8 Å². The lowest BCUT2D eigenvalue weighted by Crippen LogP contribution is -2.31. The number of esters is 1. The van der Waals surface area contributed by atoms with Crippen LogP contribution < -0.4 is 0 Å². The van der Waals surface area contributed by atoms with Gasteiger partial charge in [-0.05, 0) is 62.8 Å². The largest absolute Gasteiger partial charge is 0.462 e. The van der Waals surface area contributed by atoms with Gasteiger partial charge < -0.3 is 4.74 Å². The van der Waals surface area contributed by atoms with E-state index in [4.69, 9.17) is 4.74 Å². The lowest BCUT2D eigenvalue weighted by atomic mass is 9.77. The molecule has 1 saturated carbocycles. The quantitative estimate of drug-likeness (QED) is 0.480. The molecule has 1 heterocycles. The minimum Gasteiger partial charge on any atom is -0.462 e. The molecule has 2 atom stereocenters. The van der Waals surface area contributed by atoms with E-state index < -0.39 is 0 Å². The number of carbonyl (C=O) groups excluding carboxylic acids is 1. The van der Waals surface area contributed by atoms with Gasteiger partial charge in [-0.2, -0.15) is 0 Å². The van der Waals surface area contributed by atoms with Crippen molar-refractivity contribution in [3.05, 3.63) is 35.4 Å². The topological polar surface area (TPSA) is 26.3 Å². The molecular weight excluding hydrogens is 332 g/mol. The number of benzene rings is 1. The van der Waals surface area contributed by atoms with E-state index >= 15 is 0 Å². The molecule has 0 radical (unpaired) electrons. The molecule has 1 aliphatic heterocycles. The third-order valence-corrected chi connectivity index (χ3v) is 6.92. The van der Waals surface area contributed by atoms with Gasteiger partial charge in [-0.15, -0.1) is 0 Å². The van der Waals surface area contributed by atoms with Gasteiger partial charge in [-0.1, -0.05) is 75.3 Å². The predicted octanol–water partition coefficient (Wildman–Crippen LogP) is 6.64. The Hall–Kier alpha value is -1.31. The first-order valence-electron chi connectivity index (χ1n) is 11.4. The fraction of sp³-hybridized carbons (Fsp3) is 0.720. The first-order valence-corrected chi connectivity index (χ1v) is 11.4. The zero-order chi connectivity index (χ0) is 19.1. The van der Waals surface area contributed by atoms with E-state index in [0.717, 1.165) is 43.9 Å². The first kappa shape index (κ1) is 20.4. The van der Waals surface area contributed by atoms with Crippen LogP contribution >= 0.6 is 0 Å². The molecule has 2 unspecified atom stereocenters. The summed E-state index contributed by atoms with van der Waals surface area (Å²) in [5.74, 6) is 2.06. The molecule has 0 bridgehead atoms. The van der Waals surface area contributed by atoms with Gasteiger partial charge >= 0.3 is 5.97 Å². The van der Waals surface area contributed by atoms with E-state index in [1.165, 1.54) is 56.1 Å². The second-order valence-corrected chi connectivity index (χ2v) is 9.11. The summed E-state index contributed by atoms with van der Waals surface area (Å²) in [5, 5.41) is 0. The summed E-state index contributed by atoms with van der Waals surface area (Å²) >= 11 is 0. The van der Waals surface area contributed by atoms with Gasteiger partial charge in [0.25, 0.3) is 0 Å². The van der Waals surface area contributed by atoms with Crippen molar-refractivity contribution in [2.75, 3.05) is 0 Å². The van der Waals surface area contributed by atoms with Crippen LogP contribution in [0.3, 0.4) is 0 Å². The lowest BCUT2D eigenvalue weighted by Gasteiger charge is -2.31. The molecule has 1 aromatic carbocycles. The second-order valence-electron chi connectivity index (χ2n) is 9.11. The monoisotopic (exact) mass is 370 g/mol. The Morgan fingerprint density at radius 3 is 2.15 bits per heavy atom. The summed E-state index contributed by atoms with van der Waals surface area (Å²) in [6, 6.07) is 8.71. The fourth-order valence-electron chi connectivity index (χ4n) is 5.03. The average Bonchev–Trinajstić information content (AvgIpc) is 2.68. The molecule has 1 aliphatic carbocycles. The highest BCUT2D eigenvalue weighted by molar-refractivity contribution is 5.73. The van der Waals surface area contributed by atoms with Crippen LogP contribution in [0.1, 0.15) is 88.7 Å². The van der Waals surface area contributed by atoms with E-state index in [1.54, 1.807) is 0 Å². The third-order valence-electron chi connectivity index (χ3n) is 6.92. The van der Waals surface area contributed by atoms with E-state index in [1.807, 2.05) is 0 Å². The van der Waals surface area contributed by atoms with Crippen molar-refractivity contribution >= 4 is 5.97 Å². The van der Waals surface area contributed by atoms with Gasteiger partial charge in [0.05, 0.1) is 5.92 Å². The number of cyclic esters (lactones) is 1. The highest BCUT2D eigenvalue weighted by Gasteiger charge is 2.30. The Morgan fingerprint density at radius 2 is 1.52 bits per heavy atom. The molecule has 3 rings (SSSR count). The molecule has 2 nitrogen and oxygen atoms in total. The maximum atomic E-state index is 12.4. The van der Waals surface area contributed by atoms with Crippen LogP contribution in [0.15, 0.2) is 24.3 Å². The molecule has 150 valence electrons. The molecule has 2 fully saturated rings. The molecular formula is C25H38O2. The van der Waals surface area contributed by atoms with E-state index in [0.29, 0.717) is 0 Å². The average molecular weight is 371 g/mol. The zero-order valence-corrected chi connectivity index (χ0v) is 17.4. The summed E-state index contributed by atoms with van der Waals surface area (Å²) in [6.45, 7) is 4.42. The number of hydrogen-bond acceptors (Lipinski definition) is 2. The van der Waals surface area contributed by atoms with Gasteiger partial charge in [-0.25, -0.2) is 0 Å². The maximum absolute atomic E-state index is 12.4. The van der Waals surface area contributed by atoms with Gasteiger partial charge in [-0.3, -0.25) is 4.79 Å². The molecule has 2 aliphatic rings. The van der Waals surface area contributed by atoms with Crippen molar-refractivity contribution in [1.29, 1.82) is 0 Å². The molecule has 0 spiro atoms. The lowest BCUT2D eigenvalue weighted by molar-refractivity contribution is -0.161. The number of aryl methyl sites for hydroxylation is 2. The minimum atomic E-state index is 0.0785. The Morgan fingerprint density at radius 1 is 0.852 bits per heavy atom. The summed E-state index contributed by atoms with van der Waals surface area (Å²) < 4.78 is 5.79. The predicted molar refractivity (Wildman–Crippen MR) is 112 cm³/mol. The number of ether oxygens (including phenoxy) is 1. The van der Waals surface area contributed by atoms with Crippen LogP contribution in [0.2, 0.25) is 0 Å². The van der Waals surface area contributed by atoms with Crippen molar-refractivity contribution < 1.29 is 9.53 Å². The SMILES string of the molecule is CCCC1CCC(CCC2CCC(CCc3ccc(C)cc3)OC2=O)CC1. The van der Waals surface area contributed by atoms with Crippen LogP contribution in [0, 0.1) is 24.7 Å². The van der Waals surface area contributed by atoms with Crippen molar-refractivity contribution in [3.63, 3.8) is 0 Å². The van der Waals surface area contributed by atoms with Crippen LogP contribution in [-0.4, -0.2) is 12.1 Å². The van der Waals surface area contributed by atoms with Crippen molar-refractivity contribution in [1.82, 2.24) is 0 Å². The maximum Gasteiger partial charge on any atom is 0.309 e. The van der Waals surface area contributed by atoms with Crippen molar-refractivity contribution in [2.45, 2.75) is 97.0 Å². The second kappa shape index (κ2) is 10.3. The minimum absolute atomic E-state index is 0.0785.